The van der Waals surface area contributed by atoms with Crippen LogP contribution in [-0.2, 0) is 20.9 Å². The van der Waals surface area contributed by atoms with Gasteiger partial charge in [-0.25, -0.2) is 4.79 Å². The van der Waals surface area contributed by atoms with Gasteiger partial charge >= 0.3 is 11.9 Å². The van der Waals surface area contributed by atoms with Crippen LogP contribution in [-0.4, -0.2) is 23.5 Å². The molecule has 0 radical (unpaired) electrons. The Morgan fingerprint density at radius 1 is 0.889 bits per heavy atom. The van der Waals surface area contributed by atoms with Gasteiger partial charge in [0.1, 0.15) is 17.9 Å². The van der Waals surface area contributed by atoms with E-state index in [9.17, 15) is 9.59 Å². The summed E-state index contributed by atoms with van der Waals surface area (Å²) in [6.07, 6.45) is 3.45. The number of pyridine rings is 1. The Morgan fingerprint density at radius 3 is 1.96 bits per heavy atom. The van der Waals surface area contributed by atoms with E-state index < -0.39 is 5.97 Å². The second kappa shape index (κ2) is 8.38. The minimum absolute atomic E-state index is 0.0966. The molecule has 0 saturated carbocycles. The highest BCUT2D eigenvalue weighted by Gasteiger charge is 2.42. The van der Waals surface area contributed by atoms with E-state index in [0.29, 0.717) is 6.54 Å². The highest BCUT2D eigenvalue weighted by Crippen LogP contribution is 2.37. The SMILES string of the molecule is CC(=O)OCC(=O)[N+](Cc1cccnc1)(c1ccccc1)c1ccccc1. The van der Waals surface area contributed by atoms with Crippen LogP contribution in [0.5, 0.6) is 0 Å². The maximum Gasteiger partial charge on any atom is 0.361 e. The van der Waals surface area contributed by atoms with Gasteiger partial charge in [0.15, 0.2) is 0 Å². The number of hydrogen-bond donors (Lipinski definition) is 0. The summed E-state index contributed by atoms with van der Waals surface area (Å²) in [7, 11) is 0. The second-order valence-electron chi connectivity index (χ2n) is 6.17. The molecule has 0 saturated heterocycles. The van der Waals surface area contributed by atoms with Gasteiger partial charge in [-0.05, 0) is 6.07 Å². The normalized spacial score (nSPS) is 11.0. The van der Waals surface area contributed by atoms with Crippen LogP contribution < -0.4 is 4.48 Å². The first-order valence-electron chi connectivity index (χ1n) is 8.68. The molecule has 136 valence electrons. The van der Waals surface area contributed by atoms with E-state index in [1.807, 2.05) is 72.8 Å². The number of quaternary nitrogens is 1. The molecule has 0 aliphatic rings. The number of carbonyl (C=O) groups is 2. The van der Waals surface area contributed by atoms with Crippen molar-refractivity contribution in [2.24, 2.45) is 0 Å². The number of para-hydroxylation sites is 2. The predicted molar refractivity (Wildman–Crippen MR) is 104 cm³/mol. The Bertz CT molecular complexity index is 857. The lowest BCUT2D eigenvalue weighted by Crippen LogP contribution is -2.51. The van der Waals surface area contributed by atoms with Gasteiger partial charge in [-0.15, -0.1) is 0 Å². The topological polar surface area (TPSA) is 56.3 Å². The highest BCUT2D eigenvalue weighted by molar-refractivity contribution is 5.96. The average Bonchev–Trinajstić information content (AvgIpc) is 2.72. The van der Waals surface area contributed by atoms with Gasteiger partial charge in [0.2, 0.25) is 6.61 Å². The van der Waals surface area contributed by atoms with Crippen molar-refractivity contribution in [1.29, 1.82) is 0 Å². The van der Waals surface area contributed by atoms with Gasteiger partial charge in [0, 0.05) is 49.1 Å². The highest BCUT2D eigenvalue weighted by atomic mass is 16.5. The summed E-state index contributed by atoms with van der Waals surface area (Å²) in [5.74, 6) is -0.713. The Kier molecular flexibility index (Phi) is 5.74. The van der Waals surface area contributed by atoms with E-state index in [0.717, 1.165) is 16.9 Å². The summed E-state index contributed by atoms with van der Waals surface area (Å²) in [6, 6.07) is 22.8. The molecule has 0 bridgehead atoms. The lowest BCUT2D eigenvalue weighted by Gasteiger charge is -2.35. The molecule has 1 amide bonds. The molecule has 27 heavy (non-hydrogen) atoms. The van der Waals surface area contributed by atoms with E-state index in [4.69, 9.17) is 4.74 Å². The summed E-state index contributed by atoms with van der Waals surface area (Å²) in [5, 5.41) is 0. The Labute approximate surface area is 158 Å². The zero-order valence-corrected chi connectivity index (χ0v) is 15.1. The van der Waals surface area contributed by atoms with E-state index in [-0.39, 0.29) is 17.0 Å². The van der Waals surface area contributed by atoms with Gasteiger partial charge < -0.3 is 4.74 Å². The smallest absolute Gasteiger partial charge is 0.361 e. The molecule has 0 aliphatic carbocycles. The largest absolute Gasteiger partial charge is 0.451 e. The van der Waals surface area contributed by atoms with Crippen LogP contribution in [0.4, 0.5) is 11.4 Å². The molecule has 3 aromatic rings. The number of esters is 1. The molecule has 0 fully saturated rings. The Balaban J connectivity index is 2.17. The number of benzene rings is 2. The van der Waals surface area contributed by atoms with E-state index in [1.165, 1.54) is 6.92 Å². The molecule has 0 aliphatic heterocycles. The molecule has 0 atom stereocenters. The summed E-state index contributed by atoms with van der Waals surface area (Å²) in [4.78, 5) is 28.9. The van der Waals surface area contributed by atoms with Crippen molar-refractivity contribution in [2.45, 2.75) is 13.5 Å². The molecule has 0 unspecified atom stereocenters. The monoisotopic (exact) mass is 361 g/mol. The number of hydrogen-bond acceptors (Lipinski definition) is 4. The predicted octanol–water partition coefficient (Wildman–Crippen LogP) is 4.01. The average molecular weight is 361 g/mol. The second-order valence-corrected chi connectivity index (χ2v) is 6.17. The van der Waals surface area contributed by atoms with Crippen LogP contribution in [0, 0.1) is 0 Å². The van der Waals surface area contributed by atoms with Crippen LogP contribution in [0.1, 0.15) is 12.5 Å². The number of amides is 1. The number of rotatable bonds is 6. The van der Waals surface area contributed by atoms with Gasteiger partial charge in [-0.2, -0.15) is 4.48 Å². The van der Waals surface area contributed by atoms with Crippen LogP contribution in [0.15, 0.2) is 85.2 Å². The summed E-state index contributed by atoms with van der Waals surface area (Å²) in [5.41, 5.74) is 2.50. The van der Waals surface area contributed by atoms with Crippen LogP contribution in [0.3, 0.4) is 0 Å². The zero-order chi connectivity index (χ0) is 19.1. The maximum absolute atomic E-state index is 13.4. The van der Waals surface area contributed by atoms with Crippen molar-refractivity contribution in [3.63, 3.8) is 0 Å². The van der Waals surface area contributed by atoms with Crippen molar-refractivity contribution < 1.29 is 14.3 Å². The lowest BCUT2D eigenvalue weighted by molar-refractivity contribution is -0.148. The summed E-state index contributed by atoms with van der Waals surface area (Å²) in [6.45, 7) is 1.36. The molecule has 5 nitrogen and oxygen atoms in total. The van der Waals surface area contributed by atoms with Gasteiger partial charge in [0.05, 0.1) is 0 Å². The van der Waals surface area contributed by atoms with Gasteiger partial charge in [-0.1, -0.05) is 42.5 Å². The quantitative estimate of drug-likeness (QED) is 0.492. The van der Waals surface area contributed by atoms with Crippen molar-refractivity contribution in [3.8, 4) is 0 Å². The molecule has 2 aromatic carbocycles. The van der Waals surface area contributed by atoms with Crippen molar-refractivity contribution in [3.05, 3.63) is 90.8 Å². The van der Waals surface area contributed by atoms with Crippen LogP contribution in [0.2, 0.25) is 0 Å². The van der Waals surface area contributed by atoms with E-state index >= 15 is 0 Å². The standard InChI is InChI=1S/C22H21N2O3/c1-18(25)27-17-22(26)24(20-10-4-2-5-11-20,21-12-6-3-7-13-21)16-19-9-8-14-23-15-19/h2-15H,16-17H2,1H3/q+1. The fourth-order valence-electron chi connectivity index (χ4n) is 3.11. The molecular formula is C22H21N2O3+. The molecular weight excluding hydrogens is 340 g/mol. The third kappa shape index (κ3) is 4.10. The number of nitrogens with zero attached hydrogens (tertiary/aromatic N) is 2. The molecule has 1 heterocycles. The fraction of sp³-hybridized carbons (Fsp3) is 0.136. The summed E-state index contributed by atoms with van der Waals surface area (Å²) >= 11 is 0. The van der Waals surface area contributed by atoms with Gasteiger partial charge in [-0.3, -0.25) is 9.78 Å². The molecule has 5 heteroatoms. The van der Waals surface area contributed by atoms with Crippen LogP contribution >= 0.6 is 0 Å². The molecule has 0 spiro atoms. The van der Waals surface area contributed by atoms with Gasteiger partial charge in [0.25, 0.3) is 0 Å². The number of carbonyl (C=O) groups excluding carboxylic acids is 2. The Morgan fingerprint density at radius 2 is 1.48 bits per heavy atom. The third-order valence-corrected chi connectivity index (χ3v) is 4.36. The first-order chi connectivity index (χ1) is 13.1. The fourth-order valence-corrected chi connectivity index (χ4v) is 3.11. The number of ether oxygens (including phenoxy) is 1. The minimum Gasteiger partial charge on any atom is -0.451 e. The van der Waals surface area contributed by atoms with Crippen molar-refractivity contribution >= 4 is 23.3 Å². The van der Waals surface area contributed by atoms with E-state index in [2.05, 4.69) is 4.98 Å². The molecule has 0 N–H and O–H groups in total. The Hall–Kier alpha value is -3.31. The van der Waals surface area contributed by atoms with Crippen molar-refractivity contribution in [1.82, 2.24) is 9.47 Å². The molecule has 1 aromatic heterocycles. The van der Waals surface area contributed by atoms with Crippen molar-refractivity contribution in [2.75, 3.05) is 6.61 Å². The first kappa shape index (κ1) is 18.5. The summed E-state index contributed by atoms with van der Waals surface area (Å²) < 4.78 is 4.97. The third-order valence-electron chi connectivity index (χ3n) is 4.36. The first-order valence-corrected chi connectivity index (χ1v) is 8.68. The number of aromatic nitrogens is 1. The molecule has 3 rings (SSSR count). The zero-order valence-electron chi connectivity index (χ0n) is 15.1. The minimum atomic E-state index is -0.482. The van der Waals surface area contributed by atoms with E-state index in [1.54, 1.807) is 12.4 Å². The maximum atomic E-state index is 13.4. The van der Waals surface area contributed by atoms with Crippen LogP contribution in [0.25, 0.3) is 0 Å². The lowest BCUT2D eigenvalue weighted by atomic mass is 10.1.